The van der Waals surface area contributed by atoms with Crippen molar-refractivity contribution in [1.82, 2.24) is 5.32 Å². The molecule has 23 heavy (non-hydrogen) atoms. The molecule has 0 saturated carbocycles. The predicted molar refractivity (Wildman–Crippen MR) is 81.3 cm³/mol. The van der Waals surface area contributed by atoms with Crippen LogP contribution in [0.4, 0.5) is 5.69 Å². The molecule has 0 radical (unpaired) electrons. The number of hydrogen-bond donors (Lipinski definition) is 2. The Kier molecular flexibility index (Phi) is 5.50. The van der Waals surface area contributed by atoms with Crippen molar-refractivity contribution in [2.24, 2.45) is 0 Å². The molecule has 0 saturated heterocycles. The fraction of sp³-hybridized carbons (Fsp3) is 0.188. The van der Waals surface area contributed by atoms with Gasteiger partial charge in [-0.25, -0.2) is 0 Å². The molecule has 2 N–H and O–H groups in total. The van der Waals surface area contributed by atoms with Crippen LogP contribution in [0, 0.1) is 11.3 Å². The average molecular weight is 313 g/mol. The van der Waals surface area contributed by atoms with Gasteiger partial charge >= 0.3 is 11.8 Å². The maximum absolute atomic E-state index is 11.9. The maximum Gasteiger partial charge on any atom is 0.313 e. The van der Waals surface area contributed by atoms with Crippen LogP contribution in [0.5, 0.6) is 0 Å². The van der Waals surface area contributed by atoms with E-state index in [1.807, 2.05) is 6.07 Å². The zero-order chi connectivity index (χ0) is 16.7. The molecule has 0 spiro atoms. The largest absolute Gasteiger partial charge is 0.467 e. The average Bonchev–Trinajstić information content (AvgIpc) is 3.10. The third-order valence-corrected chi connectivity index (χ3v) is 3.09. The van der Waals surface area contributed by atoms with Gasteiger partial charge in [-0.3, -0.25) is 9.59 Å². The Hall–Kier alpha value is -3.11. The van der Waals surface area contributed by atoms with Crippen molar-refractivity contribution < 1.29 is 18.7 Å². The summed E-state index contributed by atoms with van der Waals surface area (Å²) in [6, 6.07) is 11.8. The zero-order valence-corrected chi connectivity index (χ0v) is 12.4. The number of nitrogens with zero attached hydrogens (tertiary/aromatic N) is 1. The summed E-state index contributed by atoms with van der Waals surface area (Å²) in [5.74, 6) is -1.14. The normalized spacial score (nSPS) is 11.3. The lowest BCUT2D eigenvalue weighted by atomic mass is 10.2. The molecule has 1 atom stereocenters. The third kappa shape index (κ3) is 4.18. The lowest BCUT2D eigenvalue weighted by molar-refractivity contribution is -0.136. The molecule has 0 unspecified atom stereocenters. The van der Waals surface area contributed by atoms with E-state index in [4.69, 9.17) is 14.4 Å². The molecular weight excluding hydrogens is 298 g/mol. The van der Waals surface area contributed by atoms with Crippen LogP contribution in [0.1, 0.15) is 17.4 Å². The van der Waals surface area contributed by atoms with Gasteiger partial charge in [-0.2, -0.15) is 5.26 Å². The van der Waals surface area contributed by atoms with Crippen LogP contribution >= 0.6 is 0 Å². The van der Waals surface area contributed by atoms with Crippen LogP contribution in [0.15, 0.2) is 47.1 Å². The van der Waals surface area contributed by atoms with E-state index in [1.54, 1.807) is 36.4 Å². The van der Waals surface area contributed by atoms with E-state index in [1.165, 1.54) is 13.4 Å². The summed E-state index contributed by atoms with van der Waals surface area (Å²) in [6.45, 7) is 0.0795. The van der Waals surface area contributed by atoms with Crippen LogP contribution in [-0.2, 0) is 14.3 Å². The first-order chi connectivity index (χ1) is 11.2. The minimum absolute atomic E-state index is 0.0795. The van der Waals surface area contributed by atoms with Gasteiger partial charge in [-0.05, 0) is 24.3 Å². The molecule has 7 nitrogen and oxygen atoms in total. The fourth-order valence-electron chi connectivity index (χ4n) is 1.91. The number of methoxy groups -OCH3 is 1. The number of benzene rings is 1. The number of carbonyl (C=O) groups excluding carboxylic acids is 2. The van der Waals surface area contributed by atoms with E-state index in [0.717, 1.165) is 0 Å². The van der Waals surface area contributed by atoms with E-state index >= 15 is 0 Å². The van der Waals surface area contributed by atoms with Gasteiger partial charge in [0, 0.05) is 7.11 Å². The Labute approximate surface area is 132 Å². The molecule has 118 valence electrons. The van der Waals surface area contributed by atoms with Gasteiger partial charge in [-0.1, -0.05) is 12.1 Å². The Bertz CT molecular complexity index is 719. The number of anilines is 1. The zero-order valence-electron chi connectivity index (χ0n) is 12.4. The van der Waals surface area contributed by atoms with Crippen LogP contribution in [0.2, 0.25) is 0 Å². The number of nitriles is 1. The third-order valence-electron chi connectivity index (χ3n) is 3.09. The predicted octanol–water partition coefficient (Wildman–Crippen LogP) is 1.59. The Morgan fingerprint density at radius 2 is 2.04 bits per heavy atom. The number of carbonyl (C=O) groups is 2. The monoisotopic (exact) mass is 313 g/mol. The highest BCUT2D eigenvalue weighted by atomic mass is 16.5. The molecular formula is C16H15N3O4. The smallest absolute Gasteiger partial charge is 0.313 e. The first kappa shape index (κ1) is 16.3. The minimum atomic E-state index is -0.859. The minimum Gasteiger partial charge on any atom is -0.467 e. The summed E-state index contributed by atoms with van der Waals surface area (Å²) in [7, 11) is 1.47. The Morgan fingerprint density at radius 1 is 1.26 bits per heavy atom. The van der Waals surface area contributed by atoms with Gasteiger partial charge in [0.1, 0.15) is 17.9 Å². The van der Waals surface area contributed by atoms with Crippen LogP contribution in [0.25, 0.3) is 0 Å². The Morgan fingerprint density at radius 3 is 2.70 bits per heavy atom. The standard InChI is InChI=1S/C16H15N3O4/c1-22-14(13-7-4-8-23-13)10-18-15(20)16(21)19-12-6-3-2-5-11(12)9-17/h2-8,14H,10H2,1H3,(H,18,20)(H,19,21)/t14-/m1/s1. The molecule has 0 aliphatic heterocycles. The number of ether oxygens (including phenoxy) is 1. The van der Waals surface area contributed by atoms with Gasteiger partial charge in [0.15, 0.2) is 0 Å². The summed E-state index contributed by atoms with van der Waals surface area (Å²) in [4.78, 5) is 23.7. The van der Waals surface area contributed by atoms with Crippen LogP contribution in [-0.4, -0.2) is 25.5 Å². The number of hydrogen-bond acceptors (Lipinski definition) is 5. The molecule has 1 aromatic carbocycles. The second-order valence-electron chi connectivity index (χ2n) is 4.56. The molecule has 1 aromatic heterocycles. The molecule has 0 bridgehead atoms. The Balaban J connectivity index is 1.93. The lowest BCUT2D eigenvalue weighted by Gasteiger charge is -2.13. The second-order valence-corrected chi connectivity index (χ2v) is 4.56. The van der Waals surface area contributed by atoms with Crippen LogP contribution in [0.3, 0.4) is 0 Å². The highest BCUT2D eigenvalue weighted by Gasteiger charge is 2.19. The van der Waals surface area contributed by atoms with E-state index in [2.05, 4.69) is 10.6 Å². The second kappa shape index (κ2) is 7.77. The highest BCUT2D eigenvalue weighted by molar-refractivity contribution is 6.39. The molecule has 7 heteroatoms. The lowest BCUT2D eigenvalue weighted by Crippen LogP contribution is -2.38. The van der Waals surface area contributed by atoms with Crippen molar-refractivity contribution in [2.75, 3.05) is 19.0 Å². The molecule has 2 rings (SSSR count). The van der Waals surface area contributed by atoms with Gasteiger partial charge in [0.25, 0.3) is 0 Å². The first-order valence-corrected chi connectivity index (χ1v) is 6.80. The van der Waals surface area contributed by atoms with Crippen LogP contribution < -0.4 is 10.6 Å². The summed E-state index contributed by atoms with van der Waals surface area (Å²) < 4.78 is 10.4. The van der Waals surface area contributed by atoms with Gasteiger partial charge in [0.2, 0.25) is 0 Å². The van der Waals surface area contributed by atoms with E-state index < -0.39 is 17.9 Å². The van der Waals surface area contributed by atoms with Crippen molar-refractivity contribution in [3.63, 3.8) is 0 Å². The summed E-state index contributed by atoms with van der Waals surface area (Å²) in [5.41, 5.74) is 0.559. The first-order valence-electron chi connectivity index (χ1n) is 6.80. The van der Waals surface area contributed by atoms with E-state index in [0.29, 0.717) is 5.76 Å². The van der Waals surface area contributed by atoms with Crippen molar-refractivity contribution in [1.29, 1.82) is 5.26 Å². The summed E-state index contributed by atoms with van der Waals surface area (Å²) >= 11 is 0. The fourth-order valence-corrected chi connectivity index (χ4v) is 1.91. The summed E-state index contributed by atoms with van der Waals surface area (Å²) in [5, 5.41) is 13.8. The number of para-hydroxylation sites is 1. The molecule has 0 aliphatic rings. The van der Waals surface area contributed by atoms with Crippen molar-refractivity contribution in [3.05, 3.63) is 54.0 Å². The van der Waals surface area contributed by atoms with Gasteiger partial charge in [0.05, 0.1) is 24.1 Å². The van der Waals surface area contributed by atoms with Crippen molar-refractivity contribution in [3.8, 4) is 6.07 Å². The van der Waals surface area contributed by atoms with Gasteiger partial charge in [-0.15, -0.1) is 0 Å². The highest BCUT2D eigenvalue weighted by Crippen LogP contribution is 2.16. The molecule has 2 aromatic rings. The molecule has 0 fully saturated rings. The number of furan rings is 1. The molecule has 1 heterocycles. The summed E-state index contributed by atoms with van der Waals surface area (Å²) in [6.07, 6.45) is 1.00. The van der Waals surface area contributed by atoms with Gasteiger partial charge < -0.3 is 19.8 Å². The van der Waals surface area contributed by atoms with E-state index in [9.17, 15) is 9.59 Å². The maximum atomic E-state index is 11.9. The topological polar surface area (TPSA) is 104 Å². The molecule has 2 amide bonds. The molecule has 0 aliphatic carbocycles. The van der Waals surface area contributed by atoms with Crippen molar-refractivity contribution >= 4 is 17.5 Å². The number of rotatable bonds is 5. The van der Waals surface area contributed by atoms with E-state index in [-0.39, 0.29) is 17.8 Å². The van der Waals surface area contributed by atoms with Crippen molar-refractivity contribution in [2.45, 2.75) is 6.10 Å². The number of nitrogens with one attached hydrogen (secondary N) is 2. The SMILES string of the molecule is CO[C@H](CNC(=O)C(=O)Nc1ccccc1C#N)c1ccco1. The number of amides is 2. The quantitative estimate of drug-likeness (QED) is 0.816.